The van der Waals surface area contributed by atoms with Gasteiger partial charge in [0.1, 0.15) is 0 Å². The number of tetrazole rings is 1. The molecule has 5 nitrogen and oxygen atoms in total. The molecular formula is C8H13N5. The van der Waals surface area contributed by atoms with E-state index in [1.165, 1.54) is 0 Å². The minimum atomic E-state index is 0.481. The Bertz CT molecular complexity index is 303. The number of rotatable bonds is 2. The first kappa shape index (κ1) is 8.22. The summed E-state index contributed by atoms with van der Waals surface area (Å²) in [6.07, 6.45) is 7.78. The highest BCUT2D eigenvalue weighted by Gasteiger charge is 2.11. The Kier molecular flexibility index (Phi) is 2.25. The number of nitrogens with zero attached hydrogens (tertiary/aromatic N) is 4. The summed E-state index contributed by atoms with van der Waals surface area (Å²) in [4.78, 5) is 0. The second-order valence-corrected chi connectivity index (χ2v) is 3.25. The summed E-state index contributed by atoms with van der Waals surface area (Å²) in [6, 6.07) is 0.481. The molecule has 1 atom stereocenters. The van der Waals surface area contributed by atoms with Gasteiger partial charge in [0.05, 0.1) is 0 Å². The fourth-order valence-corrected chi connectivity index (χ4v) is 1.46. The molecule has 2 rings (SSSR count). The first-order valence-corrected chi connectivity index (χ1v) is 4.50. The smallest absolute Gasteiger partial charge is 0.242 e. The van der Waals surface area contributed by atoms with E-state index in [2.05, 4.69) is 33.0 Å². The molecule has 0 spiro atoms. The lowest BCUT2D eigenvalue weighted by atomic mass is 10.0. The second-order valence-electron chi connectivity index (χ2n) is 3.25. The topological polar surface area (TPSA) is 55.6 Å². The van der Waals surface area contributed by atoms with E-state index in [1.54, 1.807) is 4.68 Å². The van der Waals surface area contributed by atoms with E-state index in [0.29, 0.717) is 6.04 Å². The quantitative estimate of drug-likeness (QED) is 0.680. The van der Waals surface area contributed by atoms with Gasteiger partial charge in [0.15, 0.2) is 0 Å². The Balaban J connectivity index is 1.98. The summed E-state index contributed by atoms with van der Waals surface area (Å²) in [5.41, 5.74) is 0. The van der Waals surface area contributed by atoms with Gasteiger partial charge in [-0.25, -0.2) is 4.68 Å². The molecule has 0 fully saturated rings. The summed E-state index contributed by atoms with van der Waals surface area (Å²) in [5, 5.41) is 14.5. The second kappa shape index (κ2) is 3.55. The number of nitrogens with one attached hydrogen (secondary N) is 1. The average Bonchev–Trinajstić information content (AvgIpc) is 2.54. The SMILES string of the molecule is Cn1nnnc1NC1CC=CCC1. The van der Waals surface area contributed by atoms with Gasteiger partial charge in [-0.05, 0) is 29.7 Å². The third-order valence-corrected chi connectivity index (χ3v) is 2.22. The van der Waals surface area contributed by atoms with Crippen LogP contribution in [0, 0.1) is 0 Å². The van der Waals surface area contributed by atoms with Crippen LogP contribution in [0.25, 0.3) is 0 Å². The molecule has 0 saturated heterocycles. The maximum Gasteiger partial charge on any atom is 0.242 e. The number of hydrogen-bond donors (Lipinski definition) is 1. The van der Waals surface area contributed by atoms with Crippen molar-refractivity contribution >= 4 is 5.95 Å². The van der Waals surface area contributed by atoms with E-state index in [4.69, 9.17) is 0 Å². The molecule has 0 aliphatic heterocycles. The molecule has 1 heterocycles. The average molecular weight is 179 g/mol. The zero-order valence-corrected chi connectivity index (χ0v) is 7.64. The molecule has 13 heavy (non-hydrogen) atoms. The summed E-state index contributed by atoms with van der Waals surface area (Å²) in [6.45, 7) is 0. The minimum Gasteiger partial charge on any atom is -0.350 e. The van der Waals surface area contributed by atoms with Crippen LogP contribution in [0.5, 0.6) is 0 Å². The lowest BCUT2D eigenvalue weighted by Gasteiger charge is -2.18. The van der Waals surface area contributed by atoms with Crippen molar-refractivity contribution in [2.75, 3.05) is 5.32 Å². The molecule has 0 amide bonds. The van der Waals surface area contributed by atoms with E-state index in [1.807, 2.05) is 7.05 Å². The van der Waals surface area contributed by atoms with Gasteiger partial charge < -0.3 is 5.32 Å². The lowest BCUT2D eigenvalue weighted by Crippen LogP contribution is -2.22. The van der Waals surface area contributed by atoms with E-state index in [9.17, 15) is 0 Å². The highest BCUT2D eigenvalue weighted by molar-refractivity contribution is 5.24. The zero-order chi connectivity index (χ0) is 9.10. The summed E-state index contributed by atoms with van der Waals surface area (Å²) < 4.78 is 1.65. The molecule has 0 bridgehead atoms. The largest absolute Gasteiger partial charge is 0.350 e. The molecule has 0 saturated carbocycles. The maximum atomic E-state index is 3.88. The van der Waals surface area contributed by atoms with Gasteiger partial charge in [-0.15, -0.1) is 0 Å². The van der Waals surface area contributed by atoms with E-state index >= 15 is 0 Å². The Hall–Kier alpha value is -1.39. The van der Waals surface area contributed by atoms with Crippen LogP contribution in [0.3, 0.4) is 0 Å². The fraction of sp³-hybridized carbons (Fsp3) is 0.625. The standard InChI is InChI=1S/C8H13N5/c1-13-8(10-11-12-13)9-7-5-3-2-4-6-7/h2-3,7H,4-6H2,1H3,(H,9,10,12). The van der Waals surface area contributed by atoms with Gasteiger partial charge in [0.2, 0.25) is 5.95 Å². The third-order valence-electron chi connectivity index (χ3n) is 2.22. The molecule has 0 radical (unpaired) electrons. The highest BCUT2D eigenvalue weighted by atomic mass is 15.6. The number of allylic oxidation sites excluding steroid dienone is 1. The van der Waals surface area contributed by atoms with Crippen LogP contribution < -0.4 is 5.32 Å². The van der Waals surface area contributed by atoms with Crippen LogP contribution in [-0.4, -0.2) is 26.2 Å². The first-order chi connectivity index (χ1) is 6.36. The first-order valence-electron chi connectivity index (χ1n) is 4.50. The van der Waals surface area contributed by atoms with Crippen LogP contribution in [0.2, 0.25) is 0 Å². The van der Waals surface area contributed by atoms with Crippen molar-refractivity contribution in [2.24, 2.45) is 7.05 Å². The third kappa shape index (κ3) is 1.85. The fourth-order valence-electron chi connectivity index (χ4n) is 1.46. The molecule has 0 aromatic carbocycles. The van der Waals surface area contributed by atoms with Gasteiger partial charge in [-0.3, -0.25) is 0 Å². The van der Waals surface area contributed by atoms with Crippen molar-refractivity contribution in [2.45, 2.75) is 25.3 Å². The predicted molar refractivity (Wildman–Crippen MR) is 49.2 cm³/mol. The number of anilines is 1. The van der Waals surface area contributed by atoms with Crippen LogP contribution in [0.1, 0.15) is 19.3 Å². The van der Waals surface area contributed by atoms with E-state index < -0.39 is 0 Å². The minimum absolute atomic E-state index is 0.481. The summed E-state index contributed by atoms with van der Waals surface area (Å²) in [5.74, 6) is 0.750. The van der Waals surface area contributed by atoms with Gasteiger partial charge >= 0.3 is 0 Å². The predicted octanol–water partition coefficient (Wildman–Crippen LogP) is 0.731. The molecule has 1 aromatic heterocycles. The molecule has 1 unspecified atom stereocenters. The molecule has 1 N–H and O–H groups in total. The molecule has 1 aromatic rings. The summed E-state index contributed by atoms with van der Waals surface area (Å²) >= 11 is 0. The van der Waals surface area contributed by atoms with Gasteiger partial charge in [0.25, 0.3) is 0 Å². The lowest BCUT2D eigenvalue weighted by molar-refractivity contribution is 0.627. The van der Waals surface area contributed by atoms with Crippen molar-refractivity contribution in [3.63, 3.8) is 0 Å². The number of aryl methyl sites for hydroxylation is 1. The highest BCUT2D eigenvalue weighted by Crippen LogP contribution is 2.14. The van der Waals surface area contributed by atoms with Crippen molar-refractivity contribution < 1.29 is 0 Å². The van der Waals surface area contributed by atoms with Crippen LogP contribution in [0.4, 0.5) is 5.95 Å². The van der Waals surface area contributed by atoms with Gasteiger partial charge in [0, 0.05) is 13.1 Å². The summed E-state index contributed by atoms with van der Waals surface area (Å²) in [7, 11) is 1.83. The van der Waals surface area contributed by atoms with Crippen LogP contribution >= 0.6 is 0 Å². The Morgan fingerprint density at radius 1 is 1.54 bits per heavy atom. The van der Waals surface area contributed by atoms with Crippen molar-refractivity contribution in [1.82, 2.24) is 20.2 Å². The number of aromatic nitrogens is 4. The Morgan fingerprint density at radius 3 is 3.08 bits per heavy atom. The number of hydrogen-bond acceptors (Lipinski definition) is 4. The monoisotopic (exact) mass is 179 g/mol. The Morgan fingerprint density at radius 2 is 2.46 bits per heavy atom. The van der Waals surface area contributed by atoms with E-state index in [0.717, 1.165) is 25.2 Å². The van der Waals surface area contributed by atoms with Gasteiger partial charge in [-0.2, -0.15) is 0 Å². The normalized spacial score (nSPS) is 21.8. The van der Waals surface area contributed by atoms with Crippen molar-refractivity contribution in [3.8, 4) is 0 Å². The molecular weight excluding hydrogens is 166 g/mol. The molecule has 1 aliphatic rings. The molecule has 1 aliphatic carbocycles. The van der Waals surface area contributed by atoms with Crippen molar-refractivity contribution in [1.29, 1.82) is 0 Å². The molecule has 70 valence electrons. The molecule has 5 heteroatoms. The zero-order valence-electron chi connectivity index (χ0n) is 7.64. The maximum absolute atomic E-state index is 3.88. The van der Waals surface area contributed by atoms with Crippen LogP contribution in [-0.2, 0) is 7.05 Å². The van der Waals surface area contributed by atoms with Crippen molar-refractivity contribution in [3.05, 3.63) is 12.2 Å². The van der Waals surface area contributed by atoms with Crippen LogP contribution in [0.15, 0.2) is 12.2 Å². The Labute approximate surface area is 76.8 Å². The van der Waals surface area contributed by atoms with E-state index in [-0.39, 0.29) is 0 Å². The van der Waals surface area contributed by atoms with Gasteiger partial charge in [-0.1, -0.05) is 17.3 Å².